The van der Waals surface area contributed by atoms with Crippen LogP contribution in [-0.4, -0.2) is 27.6 Å². The smallest absolute Gasteiger partial charge is 0.311 e. The molecule has 2 N–H and O–H groups in total. The van der Waals surface area contributed by atoms with Crippen LogP contribution in [0.15, 0.2) is 12.3 Å². The van der Waals surface area contributed by atoms with E-state index in [4.69, 9.17) is 5.11 Å². The number of aromatic nitrogens is 2. The highest BCUT2D eigenvalue weighted by molar-refractivity contribution is 5.76. The second-order valence-electron chi connectivity index (χ2n) is 4.31. The molecule has 0 unspecified atom stereocenters. The number of nitrogens with zero attached hydrogens (tertiary/aromatic N) is 2. The molecule has 5 nitrogen and oxygen atoms in total. The molecule has 1 aliphatic carbocycles. The second-order valence-corrected chi connectivity index (χ2v) is 4.31. The van der Waals surface area contributed by atoms with Gasteiger partial charge in [0.1, 0.15) is 0 Å². The molecule has 0 aromatic carbocycles. The first-order valence-corrected chi connectivity index (χ1v) is 5.39. The Hall–Kier alpha value is -1.65. The highest BCUT2D eigenvalue weighted by Crippen LogP contribution is 2.40. The van der Waals surface area contributed by atoms with Crippen LogP contribution in [0.2, 0.25) is 0 Å². The van der Waals surface area contributed by atoms with E-state index in [2.05, 4.69) is 15.3 Å². The van der Waals surface area contributed by atoms with Crippen LogP contribution in [0, 0.1) is 12.3 Å². The van der Waals surface area contributed by atoms with Crippen LogP contribution < -0.4 is 5.32 Å². The van der Waals surface area contributed by atoms with Crippen molar-refractivity contribution in [2.45, 2.75) is 26.2 Å². The summed E-state index contributed by atoms with van der Waals surface area (Å²) < 4.78 is 0. The molecule has 1 aromatic rings. The summed E-state index contributed by atoms with van der Waals surface area (Å²) in [5, 5.41) is 12.1. The third-order valence-corrected chi connectivity index (χ3v) is 3.14. The van der Waals surface area contributed by atoms with Crippen molar-refractivity contribution in [2.75, 3.05) is 11.9 Å². The van der Waals surface area contributed by atoms with E-state index < -0.39 is 11.4 Å². The number of aryl methyl sites for hydroxylation is 1. The third-order valence-electron chi connectivity index (χ3n) is 3.14. The van der Waals surface area contributed by atoms with Gasteiger partial charge in [0, 0.05) is 18.4 Å². The maximum Gasteiger partial charge on any atom is 0.311 e. The second kappa shape index (κ2) is 4.08. The molecule has 0 saturated heterocycles. The lowest BCUT2D eigenvalue weighted by Gasteiger charge is -2.37. The van der Waals surface area contributed by atoms with Crippen LogP contribution in [0.4, 0.5) is 5.95 Å². The average molecular weight is 221 g/mol. The van der Waals surface area contributed by atoms with E-state index >= 15 is 0 Å². The van der Waals surface area contributed by atoms with Gasteiger partial charge in [-0.15, -0.1) is 0 Å². The minimum Gasteiger partial charge on any atom is -0.481 e. The Balaban J connectivity index is 1.99. The van der Waals surface area contributed by atoms with Crippen LogP contribution in [0.25, 0.3) is 0 Å². The predicted molar refractivity (Wildman–Crippen MR) is 59.2 cm³/mol. The zero-order valence-electron chi connectivity index (χ0n) is 9.23. The molecule has 5 heteroatoms. The monoisotopic (exact) mass is 221 g/mol. The maximum atomic E-state index is 11.1. The number of carbonyl (C=O) groups is 1. The zero-order valence-corrected chi connectivity index (χ0v) is 9.23. The summed E-state index contributed by atoms with van der Waals surface area (Å²) in [7, 11) is 0. The van der Waals surface area contributed by atoms with Crippen molar-refractivity contribution in [1.29, 1.82) is 0 Å². The Kier molecular flexibility index (Phi) is 2.77. The SMILES string of the molecule is Cc1ccnc(NCC2(C(=O)O)CCC2)n1. The van der Waals surface area contributed by atoms with E-state index in [9.17, 15) is 4.79 Å². The van der Waals surface area contributed by atoms with Crippen molar-refractivity contribution >= 4 is 11.9 Å². The number of hydrogen-bond acceptors (Lipinski definition) is 4. The molecule has 0 spiro atoms. The van der Waals surface area contributed by atoms with E-state index in [1.807, 2.05) is 13.0 Å². The first-order chi connectivity index (χ1) is 7.62. The van der Waals surface area contributed by atoms with Gasteiger partial charge in [-0.25, -0.2) is 9.97 Å². The molecule has 0 bridgehead atoms. The van der Waals surface area contributed by atoms with Crippen LogP contribution in [-0.2, 0) is 4.79 Å². The molecule has 16 heavy (non-hydrogen) atoms. The van der Waals surface area contributed by atoms with Crippen LogP contribution in [0.1, 0.15) is 25.0 Å². The minimum atomic E-state index is -0.723. The molecule has 1 fully saturated rings. The lowest BCUT2D eigenvalue weighted by molar-refractivity contribution is -0.153. The maximum absolute atomic E-state index is 11.1. The first-order valence-electron chi connectivity index (χ1n) is 5.39. The average Bonchev–Trinajstić information content (AvgIpc) is 2.15. The van der Waals surface area contributed by atoms with E-state index in [0.717, 1.165) is 25.0 Å². The van der Waals surface area contributed by atoms with Gasteiger partial charge in [0.05, 0.1) is 5.41 Å². The van der Waals surface area contributed by atoms with Crippen molar-refractivity contribution in [3.63, 3.8) is 0 Å². The third kappa shape index (κ3) is 1.98. The first kappa shape index (κ1) is 10.9. The van der Waals surface area contributed by atoms with Crippen LogP contribution >= 0.6 is 0 Å². The number of carboxylic acids is 1. The van der Waals surface area contributed by atoms with Crippen LogP contribution in [0.3, 0.4) is 0 Å². The van der Waals surface area contributed by atoms with Gasteiger partial charge in [-0.1, -0.05) is 6.42 Å². The summed E-state index contributed by atoms with van der Waals surface area (Å²) in [6.07, 6.45) is 4.13. The number of carboxylic acid groups (broad SMARTS) is 1. The Bertz CT molecular complexity index is 402. The van der Waals surface area contributed by atoms with Crippen LogP contribution in [0.5, 0.6) is 0 Å². The van der Waals surface area contributed by atoms with Crippen molar-refractivity contribution in [2.24, 2.45) is 5.41 Å². The number of aliphatic carboxylic acids is 1. The fourth-order valence-corrected chi connectivity index (χ4v) is 1.85. The highest BCUT2D eigenvalue weighted by atomic mass is 16.4. The standard InChI is InChI=1S/C11H15N3O2/c1-8-3-6-12-10(14-8)13-7-11(9(15)16)4-2-5-11/h3,6H,2,4-5,7H2,1H3,(H,15,16)(H,12,13,14). The molecule has 86 valence electrons. The fourth-order valence-electron chi connectivity index (χ4n) is 1.85. The molecule has 1 aliphatic rings. The minimum absolute atomic E-state index is 0.409. The van der Waals surface area contributed by atoms with Gasteiger partial charge < -0.3 is 10.4 Å². The summed E-state index contributed by atoms with van der Waals surface area (Å²) in [4.78, 5) is 19.3. The van der Waals surface area contributed by atoms with Crippen molar-refractivity contribution < 1.29 is 9.90 Å². The Morgan fingerprint density at radius 2 is 2.38 bits per heavy atom. The molecule has 0 aliphatic heterocycles. The van der Waals surface area contributed by atoms with Gasteiger partial charge in [-0.05, 0) is 25.8 Å². The highest BCUT2D eigenvalue weighted by Gasteiger charge is 2.44. The van der Waals surface area contributed by atoms with Crippen molar-refractivity contribution in [1.82, 2.24) is 9.97 Å². The fraction of sp³-hybridized carbons (Fsp3) is 0.545. The molecule has 1 heterocycles. The molecule has 1 saturated carbocycles. The molecule has 2 rings (SSSR count). The van der Waals surface area contributed by atoms with Crippen molar-refractivity contribution in [3.8, 4) is 0 Å². The van der Waals surface area contributed by atoms with E-state index in [0.29, 0.717) is 12.5 Å². The topological polar surface area (TPSA) is 75.1 Å². The Morgan fingerprint density at radius 3 is 2.88 bits per heavy atom. The quantitative estimate of drug-likeness (QED) is 0.804. The number of rotatable bonds is 4. The van der Waals surface area contributed by atoms with E-state index in [-0.39, 0.29) is 0 Å². The van der Waals surface area contributed by atoms with Gasteiger partial charge in [0.25, 0.3) is 0 Å². The largest absolute Gasteiger partial charge is 0.481 e. The molecular weight excluding hydrogens is 206 g/mol. The molecular formula is C11H15N3O2. The lowest BCUT2D eigenvalue weighted by Crippen LogP contribution is -2.43. The summed E-state index contributed by atoms with van der Waals surface area (Å²) in [5.41, 5.74) is 0.267. The van der Waals surface area contributed by atoms with Crippen molar-refractivity contribution in [3.05, 3.63) is 18.0 Å². The summed E-state index contributed by atoms with van der Waals surface area (Å²) >= 11 is 0. The number of nitrogens with one attached hydrogen (secondary N) is 1. The van der Waals surface area contributed by atoms with E-state index in [1.54, 1.807) is 6.20 Å². The normalized spacial score (nSPS) is 17.6. The van der Waals surface area contributed by atoms with Gasteiger partial charge in [-0.2, -0.15) is 0 Å². The summed E-state index contributed by atoms with van der Waals surface area (Å²) in [6.45, 7) is 2.29. The van der Waals surface area contributed by atoms with E-state index in [1.165, 1.54) is 0 Å². The van der Waals surface area contributed by atoms with Gasteiger partial charge >= 0.3 is 5.97 Å². The molecule has 0 radical (unpaired) electrons. The van der Waals surface area contributed by atoms with Gasteiger partial charge in [-0.3, -0.25) is 4.79 Å². The lowest BCUT2D eigenvalue weighted by atomic mass is 9.69. The summed E-state index contributed by atoms with van der Waals surface area (Å²) in [6, 6.07) is 1.81. The molecule has 0 amide bonds. The van der Waals surface area contributed by atoms with Gasteiger partial charge in [0.15, 0.2) is 0 Å². The number of anilines is 1. The van der Waals surface area contributed by atoms with Gasteiger partial charge in [0.2, 0.25) is 5.95 Å². The zero-order chi connectivity index (χ0) is 11.6. The predicted octanol–water partition coefficient (Wildman–Crippen LogP) is 1.45. The molecule has 1 aromatic heterocycles. The molecule has 0 atom stereocenters. The Labute approximate surface area is 93.9 Å². The number of hydrogen-bond donors (Lipinski definition) is 2. The Morgan fingerprint density at radius 1 is 1.62 bits per heavy atom. The summed E-state index contributed by atoms with van der Waals surface area (Å²) in [5.74, 6) is -0.216.